The Kier molecular flexibility index (Phi) is 13.0. The summed E-state index contributed by atoms with van der Waals surface area (Å²) in [6.07, 6.45) is -0.124. The van der Waals surface area contributed by atoms with Gasteiger partial charge in [0.05, 0.1) is 12.1 Å². The van der Waals surface area contributed by atoms with E-state index in [-0.39, 0.29) is 30.5 Å². The number of halogens is 4. The third-order valence-electron chi connectivity index (χ3n) is 5.07. The van der Waals surface area contributed by atoms with E-state index in [1.807, 2.05) is 18.7 Å². The van der Waals surface area contributed by atoms with Gasteiger partial charge >= 0.3 is 6.18 Å². The van der Waals surface area contributed by atoms with Crippen molar-refractivity contribution in [2.45, 2.75) is 32.5 Å². The fraction of sp³-hybridized carbons (Fsp3) is 0.667. The monoisotopic (exact) mass is 573 g/mol. The maximum Gasteiger partial charge on any atom is 0.416 e. The van der Waals surface area contributed by atoms with Crippen LogP contribution in [0.1, 0.15) is 30.9 Å². The molecule has 1 aromatic carbocycles. The molecule has 1 aliphatic heterocycles. The minimum absolute atomic E-state index is 0. The molecular weight excluding hydrogens is 538 g/mol. The highest BCUT2D eigenvalue weighted by Crippen LogP contribution is 2.33. The average Bonchev–Trinajstić information content (AvgIpc) is 2.71. The van der Waals surface area contributed by atoms with Gasteiger partial charge in [-0.25, -0.2) is 4.99 Å². The van der Waals surface area contributed by atoms with E-state index in [1.165, 1.54) is 12.1 Å². The maximum atomic E-state index is 13.3. The zero-order chi connectivity index (χ0) is 22.0. The highest BCUT2D eigenvalue weighted by molar-refractivity contribution is 14.0. The highest BCUT2D eigenvalue weighted by atomic mass is 127. The second-order valence-corrected chi connectivity index (χ2v) is 8.44. The Morgan fingerprint density at radius 1 is 1.13 bits per heavy atom. The number of nitrogens with one attached hydrogen (secondary N) is 2. The van der Waals surface area contributed by atoms with Crippen molar-refractivity contribution in [2.24, 2.45) is 4.99 Å². The molecule has 0 aromatic heterocycles. The molecule has 1 aromatic rings. The van der Waals surface area contributed by atoms with Crippen LogP contribution < -0.4 is 15.5 Å². The van der Waals surface area contributed by atoms with Crippen molar-refractivity contribution in [3.63, 3.8) is 0 Å². The van der Waals surface area contributed by atoms with Crippen molar-refractivity contribution in [1.29, 1.82) is 0 Å². The van der Waals surface area contributed by atoms with Gasteiger partial charge < -0.3 is 20.4 Å². The van der Waals surface area contributed by atoms with Crippen molar-refractivity contribution in [3.8, 4) is 0 Å². The molecule has 1 heterocycles. The Morgan fingerprint density at radius 2 is 1.84 bits per heavy atom. The molecule has 2 N–H and O–H groups in total. The van der Waals surface area contributed by atoms with Gasteiger partial charge in [0.2, 0.25) is 0 Å². The summed E-state index contributed by atoms with van der Waals surface area (Å²) in [6, 6.07) is 4.02. The van der Waals surface area contributed by atoms with Gasteiger partial charge in [-0.3, -0.25) is 0 Å². The van der Waals surface area contributed by atoms with Crippen LogP contribution in [0.5, 0.6) is 0 Å². The molecule has 178 valence electrons. The number of piperazine rings is 1. The second kappa shape index (κ2) is 14.3. The number of benzene rings is 1. The minimum atomic E-state index is -4.36. The Hall–Kier alpha value is -0.880. The number of aliphatic imine (C=N–C) groups is 1. The molecule has 0 spiro atoms. The average molecular weight is 574 g/mol. The number of thioether (sulfide) groups is 1. The van der Waals surface area contributed by atoms with E-state index in [4.69, 9.17) is 0 Å². The summed E-state index contributed by atoms with van der Waals surface area (Å²) >= 11 is 1.82. The third-order valence-corrected chi connectivity index (χ3v) is 5.77. The lowest BCUT2D eigenvalue weighted by Gasteiger charge is -2.35. The van der Waals surface area contributed by atoms with Crippen molar-refractivity contribution >= 4 is 47.4 Å². The SMILES string of the molecule is CCNC(=NCc1cc(C(F)(F)F)ccc1N1CCN(C)CC1)NCCCCSC.I. The van der Waals surface area contributed by atoms with Crippen LogP contribution in [0.25, 0.3) is 0 Å². The van der Waals surface area contributed by atoms with E-state index in [0.29, 0.717) is 18.1 Å². The van der Waals surface area contributed by atoms with Crippen molar-refractivity contribution in [3.05, 3.63) is 29.3 Å². The molecule has 0 atom stereocenters. The van der Waals surface area contributed by atoms with Crippen LogP contribution >= 0.6 is 35.7 Å². The van der Waals surface area contributed by atoms with Gasteiger partial charge in [-0.1, -0.05) is 0 Å². The van der Waals surface area contributed by atoms with E-state index < -0.39 is 11.7 Å². The molecular formula is C21H35F3IN5S. The van der Waals surface area contributed by atoms with Gasteiger partial charge in [0, 0.05) is 45.0 Å². The van der Waals surface area contributed by atoms with Crippen LogP contribution in [0.15, 0.2) is 23.2 Å². The van der Waals surface area contributed by atoms with E-state index >= 15 is 0 Å². The standard InChI is InChI=1S/C21H34F3N5S.HI/c1-4-25-20(26-9-5-6-14-30-3)27-16-17-15-18(21(22,23)24)7-8-19(17)29-12-10-28(2)11-13-29;/h7-8,15H,4-6,9-14,16H2,1-3H3,(H2,25,26,27);1H. The fourth-order valence-electron chi connectivity index (χ4n) is 3.33. The predicted octanol–water partition coefficient (Wildman–Crippen LogP) is 4.27. The summed E-state index contributed by atoms with van der Waals surface area (Å²) < 4.78 is 39.9. The lowest BCUT2D eigenvalue weighted by Crippen LogP contribution is -2.44. The van der Waals surface area contributed by atoms with E-state index in [2.05, 4.69) is 38.7 Å². The summed E-state index contributed by atoms with van der Waals surface area (Å²) in [5.74, 6) is 1.76. The molecule has 0 unspecified atom stereocenters. The van der Waals surface area contributed by atoms with Gasteiger partial charge in [-0.15, -0.1) is 24.0 Å². The molecule has 10 heteroatoms. The first-order valence-electron chi connectivity index (χ1n) is 10.5. The molecule has 0 radical (unpaired) electrons. The number of hydrogen-bond donors (Lipinski definition) is 2. The Morgan fingerprint density at radius 3 is 2.45 bits per heavy atom. The van der Waals surface area contributed by atoms with Crippen LogP contribution in [0.2, 0.25) is 0 Å². The summed E-state index contributed by atoms with van der Waals surface area (Å²) in [5, 5.41) is 6.47. The van der Waals surface area contributed by atoms with Crippen molar-refractivity contribution in [2.75, 3.05) is 63.2 Å². The van der Waals surface area contributed by atoms with E-state index in [0.717, 1.165) is 57.0 Å². The molecule has 1 aliphatic rings. The molecule has 0 aliphatic carbocycles. The minimum Gasteiger partial charge on any atom is -0.369 e. The molecule has 2 rings (SSSR count). The lowest BCUT2D eigenvalue weighted by molar-refractivity contribution is -0.137. The summed E-state index contributed by atoms with van der Waals surface area (Å²) in [5.41, 5.74) is 0.824. The molecule has 31 heavy (non-hydrogen) atoms. The maximum absolute atomic E-state index is 13.3. The number of alkyl halides is 3. The van der Waals surface area contributed by atoms with Crippen molar-refractivity contribution < 1.29 is 13.2 Å². The zero-order valence-corrected chi connectivity index (χ0v) is 21.7. The second-order valence-electron chi connectivity index (χ2n) is 7.45. The third kappa shape index (κ3) is 9.65. The van der Waals surface area contributed by atoms with Crippen LogP contribution in [-0.4, -0.2) is 69.2 Å². The number of rotatable bonds is 9. The number of guanidine groups is 1. The largest absolute Gasteiger partial charge is 0.416 e. The Labute approximate surface area is 205 Å². The van der Waals surface area contributed by atoms with Gasteiger partial charge in [0.25, 0.3) is 0 Å². The van der Waals surface area contributed by atoms with Crippen LogP contribution in [0.4, 0.5) is 18.9 Å². The summed E-state index contributed by atoms with van der Waals surface area (Å²) in [7, 11) is 2.06. The number of unbranched alkanes of at least 4 members (excludes halogenated alkanes) is 1. The number of hydrogen-bond acceptors (Lipinski definition) is 4. The van der Waals surface area contributed by atoms with E-state index in [1.54, 1.807) is 6.07 Å². The Bertz CT molecular complexity index is 679. The van der Waals surface area contributed by atoms with Gasteiger partial charge in [-0.2, -0.15) is 24.9 Å². The topological polar surface area (TPSA) is 42.9 Å². The van der Waals surface area contributed by atoms with Crippen LogP contribution in [-0.2, 0) is 12.7 Å². The normalized spacial score (nSPS) is 15.5. The summed E-state index contributed by atoms with van der Waals surface area (Å²) in [4.78, 5) is 8.97. The number of likely N-dealkylation sites (N-methyl/N-ethyl adjacent to an activating group) is 1. The first-order chi connectivity index (χ1) is 14.3. The first kappa shape index (κ1) is 28.2. The quantitative estimate of drug-likeness (QED) is 0.200. The molecule has 1 fully saturated rings. The smallest absolute Gasteiger partial charge is 0.369 e. The van der Waals surface area contributed by atoms with Crippen molar-refractivity contribution in [1.82, 2.24) is 15.5 Å². The van der Waals surface area contributed by atoms with Gasteiger partial charge in [-0.05, 0) is 62.6 Å². The Balaban J connectivity index is 0.00000480. The predicted molar refractivity (Wildman–Crippen MR) is 137 cm³/mol. The number of nitrogens with zero attached hydrogens (tertiary/aromatic N) is 3. The lowest BCUT2D eigenvalue weighted by atomic mass is 10.1. The zero-order valence-electron chi connectivity index (χ0n) is 18.6. The summed E-state index contributed by atoms with van der Waals surface area (Å²) in [6.45, 7) is 7.05. The van der Waals surface area contributed by atoms with E-state index in [9.17, 15) is 13.2 Å². The molecule has 5 nitrogen and oxygen atoms in total. The molecule has 0 amide bonds. The highest BCUT2D eigenvalue weighted by Gasteiger charge is 2.31. The van der Waals surface area contributed by atoms with Gasteiger partial charge in [0.15, 0.2) is 5.96 Å². The van der Waals surface area contributed by atoms with Crippen LogP contribution in [0.3, 0.4) is 0 Å². The molecule has 0 bridgehead atoms. The first-order valence-corrected chi connectivity index (χ1v) is 11.9. The molecule has 0 saturated carbocycles. The fourth-order valence-corrected chi connectivity index (χ4v) is 3.82. The van der Waals surface area contributed by atoms with Gasteiger partial charge in [0.1, 0.15) is 0 Å². The molecule has 1 saturated heterocycles. The number of anilines is 1. The van der Waals surface area contributed by atoms with Crippen LogP contribution in [0, 0.1) is 0 Å².